The topological polar surface area (TPSA) is 93.2 Å². The van der Waals surface area contributed by atoms with E-state index in [0.29, 0.717) is 0 Å². The van der Waals surface area contributed by atoms with Gasteiger partial charge in [-0.1, -0.05) is 12.1 Å². The Hall–Kier alpha value is -2.68. The number of benzene rings is 1. The van der Waals surface area contributed by atoms with Gasteiger partial charge in [0.15, 0.2) is 0 Å². The number of carbonyl (C=O) groups is 1. The lowest BCUT2D eigenvalue weighted by Crippen LogP contribution is -2.12. The number of rotatable bonds is 4. The summed E-state index contributed by atoms with van der Waals surface area (Å²) in [5.41, 5.74) is -0.264. The molecule has 1 rings (SSSR count). The number of nitro benzene ring substituents is 1. The molecule has 0 fully saturated rings. The van der Waals surface area contributed by atoms with Crippen molar-refractivity contribution >= 4 is 17.7 Å². The molecule has 19 heavy (non-hydrogen) atoms. The van der Waals surface area contributed by atoms with E-state index >= 15 is 0 Å². The zero-order valence-corrected chi connectivity index (χ0v) is 10.5. The average Bonchev–Trinajstić information content (AvgIpc) is 2.35. The van der Waals surface area contributed by atoms with Gasteiger partial charge in [-0.15, -0.1) is 0 Å². The van der Waals surface area contributed by atoms with E-state index in [-0.39, 0.29) is 22.9 Å². The van der Waals surface area contributed by atoms with E-state index in [0.717, 1.165) is 6.08 Å². The Balaban J connectivity index is 3.16. The average molecular weight is 260 g/mol. The Kier molecular flexibility index (Phi) is 4.77. The fourth-order valence-electron chi connectivity index (χ4n) is 1.35. The Morgan fingerprint density at radius 2 is 2.11 bits per heavy atom. The van der Waals surface area contributed by atoms with Crippen LogP contribution in [0.5, 0.6) is 0 Å². The Morgan fingerprint density at radius 3 is 2.63 bits per heavy atom. The van der Waals surface area contributed by atoms with E-state index in [1.165, 1.54) is 18.2 Å². The van der Waals surface area contributed by atoms with Crippen molar-refractivity contribution in [1.29, 1.82) is 5.26 Å². The highest BCUT2D eigenvalue weighted by atomic mass is 16.6. The van der Waals surface area contributed by atoms with Gasteiger partial charge in [0.2, 0.25) is 0 Å². The lowest BCUT2D eigenvalue weighted by atomic mass is 10.1. The van der Waals surface area contributed by atoms with Crippen molar-refractivity contribution < 1.29 is 14.5 Å². The van der Waals surface area contributed by atoms with Gasteiger partial charge >= 0.3 is 5.97 Å². The maximum Gasteiger partial charge on any atom is 0.349 e. The molecule has 0 atom stereocenters. The first kappa shape index (κ1) is 14.4. The highest BCUT2D eigenvalue weighted by molar-refractivity contribution is 5.98. The number of hydrogen-bond donors (Lipinski definition) is 0. The molecule has 6 heteroatoms. The molecular formula is C13H12N2O4. The maximum atomic E-state index is 11.6. The normalized spacial score (nSPS) is 10.9. The molecule has 0 bridgehead atoms. The lowest BCUT2D eigenvalue weighted by Gasteiger charge is -2.06. The van der Waals surface area contributed by atoms with Gasteiger partial charge in [-0.3, -0.25) is 10.1 Å². The molecule has 0 saturated carbocycles. The molecule has 0 amide bonds. The Bertz CT molecular complexity index is 570. The summed E-state index contributed by atoms with van der Waals surface area (Å²) in [6.07, 6.45) is 0.790. The third-order valence-corrected chi connectivity index (χ3v) is 2.12. The quantitative estimate of drug-likeness (QED) is 0.272. The SMILES string of the molecule is CC(C)OC(=O)/C(C#N)=C\c1ccccc1[N+](=O)[O-]. The van der Waals surface area contributed by atoms with Crippen LogP contribution in [0.25, 0.3) is 6.08 Å². The number of hydrogen-bond acceptors (Lipinski definition) is 5. The van der Waals surface area contributed by atoms with Gasteiger partial charge in [0, 0.05) is 6.07 Å². The fraction of sp³-hybridized carbons (Fsp3) is 0.231. The largest absolute Gasteiger partial charge is 0.459 e. The summed E-state index contributed by atoms with van der Waals surface area (Å²) in [6.45, 7) is 3.30. The van der Waals surface area contributed by atoms with E-state index in [9.17, 15) is 14.9 Å². The molecule has 1 aromatic carbocycles. The first-order valence-electron chi connectivity index (χ1n) is 5.52. The van der Waals surface area contributed by atoms with Crippen LogP contribution in [0, 0.1) is 21.4 Å². The minimum Gasteiger partial charge on any atom is -0.459 e. The maximum absolute atomic E-state index is 11.6. The van der Waals surface area contributed by atoms with Gasteiger partial charge in [-0.05, 0) is 26.0 Å². The van der Waals surface area contributed by atoms with E-state index in [2.05, 4.69) is 0 Å². The fourth-order valence-corrected chi connectivity index (χ4v) is 1.35. The first-order chi connectivity index (χ1) is 8.95. The van der Waals surface area contributed by atoms with E-state index in [1.54, 1.807) is 26.0 Å². The molecule has 0 unspecified atom stereocenters. The zero-order valence-electron chi connectivity index (χ0n) is 10.5. The minimum atomic E-state index is -0.796. The number of carbonyl (C=O) groups excluding carboxylic acids is 1. The third-order valence-electron chi connectivity index (χ3n) is 2.12. The second-order valence-corrected chi connectivity index (χ2v) is 3.94. The summed E-state index contributed by atoms with van der Waals surface area (Å²) >= 11 is 0. The number of para-hydroxylation sites is 1. The van der Waals surface area contributed by atoms with Crippen LogP contribution in [0.15, 0.2) is 29.8 Å². The zero-order chi connectivity index (χ0) is 14.4. The summed E-state index contributed by atoms with van der Waals surface area (Å²) in [4.78, 5) is 21.8. The highest BCUT2D eigenvalue weighted by Crippen LogP contribution is 2.20. The number of nitro groups is 1. The first-order valence-corrected chi connectivity index (χ1v) is 5.52. The molecule has 0 N–H and O–H groups in total. The molecule has 1 aromatic rings. The molecule has 6 nitrogen and oxygen atoms in total. The van der Waals surface area contributed by atoms with Crippen LogP contribution < -0.4 is 0 Å². The van der Waals surface area contributed by atoms with E-state index in [1.807, 2.05) is 0 Å². The molecule has 0 aliphatic rings. The van der Waals surface area contributed by atoms with Crippen molar-refractivity contribution in [3.8, 4) is 6.07 Å². The van der Waals surface area contributed by atoms with Crippen LogP contribution in [0.4, 0.5) is 5.69 Å². The van der Waals surface area contributed by atoms with Crippen molar-refractivity contribution in [2.75, 3.05) is 0 Å². The molecule has 0 aliphatic heterocycles. The molecule has 98 valence electrons. The van der Waals surface area contributed by atoms with Gasteiger partial charge in [0.25, 0.3) is 5.69 Å². The van der Waals surface area contributed by atoms with Crippen LogP contribution in [-0.4, -0.2) is 17.0 Å². The highest BCUT2D eigenvalue weighted by Gasteiger charge is 2.16. The summed E-state index contributed by atoms with van der Waals surface area (Å²) in [6, 6.07) is 7.54. The van der Waals surface area contributed by atoms with Crippen LogP contribution in [0.1, 0.15) is 19.4 Å². The van der Waals surface area contributed by atoms with Crippen molar-refractivity contribution in [3.05, 3.63) is 45.5 Å². The van der Waals surface area contributed by atoms with Crippen LogP contribution >= 0.6 is 0 Å². The van der Waals surface area contributed by atoms with E-state index in [4.69, 9.17) is 10.00 Å². The monoisotopic (exact) mass is 260 g/mol. The molecule has 0 spiro atoms. The smallest absolute Gasteiger partial charge is 0.349 e. The van der Waals surface area contributed by atoms with Gasteiger partial charge in [0.1, 0.15) is 11.6 Å². The van der Waals surface area contributed by atoms with Crippen molar-refractivity contribution in [2.45, 2.75) is 20.0 Å². The Labute approximate surface area is 110 Å². The van der Waals surface area contributed by atoms with Gasteiger partial charge in [-0.25, -0.2) is 4.79 Å². The lowest BCUT2D eigenvalue weighted by molar-refractivity contribution is -0.385. The van der Waals surface area contributed by atoms with Crippen molar-refractivity contribution in [2.24, 2.45) is 0 Å². The third kappa shape index (κ3) is 3.92. The molecule has 0 aliphatic carbocycles. The standard InChI is InChI=1S/C13H12N2O4/c1-9(2)19-13(16)11(8-14)7-10-5-3-4-6-12(10)15(17)18/h3-7,9H,1-2H3/b11-7-. The van der Waals surface area contributed by atoms with Gasteiger partial charge < -0.3 is 4.74 Å². The van der Waals surface area contributed by atoms with Crippen molar-refractivity contribution in [3.63, 3.8) is 0 Å². The molecule has 0 saturated heterocycles. The molecule has 0 aromatic heterocycles. The molecule has 0 radical (unpaired) electrons. The second-order valence-electron chi connectivity index (χ2n) is 3.94. The van der Waals surface area contributed by atoms with Crippen LogP contribution in [0.3, 0.4) is 0 Å². The number of nitriles is 1. The summed E-state index contributed by atoms with van der Waals surface area (Å²) in [5, 5.41) is 19.7. The summed E-state index contributed by atoms with van der Waals surface area (Å²) in [7, 11) is 0. The van der Waals surface area contributed by atoms with Gasteiger partial charge in [0.05, 0.1) is 16.6 Å². The Morgan fingerprint density at radius 1 is 1.47 bits per heavy atom. The minimum absolute atomic E-state index is 0.174. The van der Waals surface area contributed by atoms with E-state index < -0.39 is 10.9 Å². The summed E-state index contributed by atoms with van der Waals surface area (Å²) < 4.78 is 4.88. The summed E-state index contributed by atoms with van der Waals surface area (Å²) in [5.74, 6) is -0.796. The number of ether oxygens (including phenoxy) is 1. The predicted molar refractivity (Wildman–Crippen MR) is 67.9 cm³/mol. The molecular weight excluding hydrogens is 248 g/mol. The van der Waals surface area contributed by atoms with Crippen LogP contribution in [-0.2, 0) is 9.53 Å². The second kappa shape index (κ2) is 6.31. The predicted octanol–water partition coefficient (Wildman–Crippen LogP) is 2.45. The number of nitrogens with zero attached hydrogens (tertiary/aromatic N) is 2. The molecule has 0 heterocycles. The van der Waals surface area contributed by atoms with Crippen LogP contribution in [0.2, 0.25) is 0 Å². The van der Waals surface area contributed by atoms with Crippen molar-refractivity contribution in [1.82, 2.24) is 0 Å². The number of esters is 1. The van der Waals surface area contributed by atoms with Gasteiger partial charge in [-0.2, -0.15) is 5.26 Å².